The van der Waals surface area contributed by atoms with Crippen molar-refractivity contribution in [2.24, 2.45) is 0 Å². The van der Waals surface area contributed by atoms with Crippen molar-refractivity contribution in [1.82, 2.24) is 10.2 Å². The van der Waals surface area contributed by atoms with Crippen molar-refractivity contribution in [1.29, 1.82) is 0 Å². The fraction of sp³-hybridized carbons (Fsp3) is 0.933. The predicted octanol–water partition coefficient (Wildman–Crippen LogP) is 1.11. The Labute approximate surface area is 127 Å². The molecule has 21 heavy (non-hydrogen) atoms. The van der Waals surface area contributed by atoms with Crippen LogP contribution >= 0.6 is 0 Å². The van der Waals surface area contributed by atoms with Gasteiger partial charge in [0.05, 0.1) is 18.8 Å². The Kier molecular flexibility index (Phi) is 6.43. The van der Waals surface area contributed by atoms with Crippen LogP contribution in [0.1, 0.15) is 47.0 Å². The molecule has 1 aliphatic heterocycles. The number of rotatable bonds is 5. The highest BCUT2D eigenvalue weighted by Gasteiger charge is 2.32. The van der Waals surface area contributed by atoms with E-state index in [-0.39, 0.29) is 25.3 Å². The monoisotopic (exact) mass is 302 g/mol. The van der Waals surface area contributed by atoms with Crippen LogP contribution in [0.5, 0.6) is 0 Å². The third-order valence-corrected chi connectivity index (χ3v) is 3.94. The fourth-order valence-electron chi connectivity index (χ4n) is 2.43. The maximum Gasteiger partial charge on any atom is 0.410 e. The molecule has 0 aliphatic carbocycles. The minimum absolute atomic E-state index is 0.0910. The number of aliphatic hydroxyl groups excluding tert-OH is 2. The lowest BCUT2D eigenvalue weighted by Gasteiger charge is -2.39. The van der Waals surface area contributed by atoms with Crippen molar-refractivity contribution >= 4 is 6.09 Å². The first-order valence-electron chi connectivity index (χ1n) is 7.72. The molecule has 0 aromatic heterocycles. The Bertz CT molecular complexity index is 321. The standard InChI is InChI=1S/C15H30N2O4/c1-5-15(10-18,11-19)16-12-6-8-17(9-7-12)13(20)21-14(2,3)4/h12,16,18-19H,5-11H2,1-4H3. The highest BCUT2D eigenvalue weighted by atomic mass is 16.6. The van der Waals surface area contributed by atoms with E-state index in [1.54, 1.807) is 4.90 Å². The van der Waals surface area contributed by atoms with Gasteiger partial charge in [-0.25, -0.2) is 4.79 Å². The van der Waals surface area contributed by atoms with Gasteiger partial charge in [-0.15, -0.1) is 0 Å². The van der Waals surface area contributed by atoms with E-state index >= 15 is 0 Å². The Morgan fingerprint density at radius 1 is 1.24 bits per heavy atom. The average Bonchev–Trinajstić information content (AvgIpc) is 2.44. The minimum atomic E-state index is -0.626. The first kappa shape index (κ1) is 18.2. The van der Waals surface area contributed by atoms with E-state index in [0.717, 1.165) is 12.8 Å². The van der Waals surface area contributed by atoms with Gasteiger partial charge in [0, 0.05) is 19.1 Å². The topological polar surface area (TPSA) is 82.0 Å². The lowest BCUT2D eigenvalue weighted by molar-refractivity contribution is 0.0161. The number of nitrogens with one attached hydrogen (secondary N) is 1. The van der Waals surface area contributed by atoms with Crippen LogP contribution in [0, 0.1) is 0 Å². The number of carbonyl (C=O) groups excluding carboxylic acids is 1. The zero-order valence-corrected chi connectivity index (χ0v) is 13.7. The Hall–Kier alpha value is -0.850. The van der Waals surface area contributed by atoms with Gasteiger partial charge in [0.2, 0.25) is 0 Å². The van der Waals surface area contributed by atoms with E-state index in [9.17, 15) is 15.0 Å². The molecule has 0 aromatic rings. The summed E-state index contributed by atoms with van der Waals surface area (Å²) in [6.07, 6.45) is 1.97. The van der Waals surface area contributed by atoms with Crippen LogP contribution in [0.25, 0.3) is 0 Å². The molecule has 1 rings (SSSR count). The van der Waals surface area contributed by atoms with Gasteiger partial charge in [-0.05, 0) is 40.0 Å². The number of nitrogens with zero attached hydrogens (tertiary/aromatic N) is 1. The predicted molar refractivity (Wildman–Crippen MR) is 81.2 cm³/mol. The van der Waals surface area contributed by atoms with Gasteiger partial charge in [-0.2, -0.15) is 0 Å². The minimum Gasteiger partial charge on any atom is -0.444 e. The van der Waals surface area contributed by atoms with E-state index in [1.807, 2.05) is 27.7 Å². The molecule has 0 aromatic carbocycles. The highest BCUT2D eigenvalue weighted by Crippen LogP contribution is 2.18. The maximum atomic E-state index is 12.0. The lowest BCUT2D eigenvalue weighted by Crippen LogP contribution is -2.58. The van der Waals surface area contributed by atoms with Crippen molar-refractivity contribution in [3.05, 3.63) is 0 Å². The Balaban J connectivity index is 2.47. The maximum absolute atomic E-state index is 12.0. The number of ether oxygens (including phenoxy) is 1. The highest BCUT2D eigenvalue weighted by molar-refractivity contribution is 5.68. The molecule has 1 saturated heterocycles. The van der Waals surface area contributed by atoms with Gasteiger partial charge in [0.25, 0.3) is 0 Å². The Morgan fingerprint density at radius 3 is 2.14 bits per heavy atom. The summed E-state index contributed by atoms with van der Waals surface area (Å²) in [7, 11) is 0. The molecule has 0 atom stereocenters. The fourth-order valence-corrected chi connectivity index (χ4v) is 2.43. The molecule has 1 aliphatic rings. The molecule has 0 radical (unpaired) electrons. The molecular formula is C15H30N2O4. The van der Waals surface area contributed by atoms with Crippen LogP contribution in [0.15, 0.2) is 0 Å². The lowest BCUT2D eigenvalue weighted by atomic mass is 9.94. The van der Waals surface area contributed by atoms with Crippen LogP contribution in [0.4, 0.5) is 4.79 Å². The molecule has 1 fully saturated rings. The number of aliphatic hydroxyl groups is 2. The second-order valence-corrected chi connectivity index (χ2v) is 6.84. The number of carbonyl (C=O) groups is 1. The number of piperidine rings is 1. The first-order valence-corrected chi connectivity index (χ1v) is 7.72. The molecule has 0 bridgehead atoms. The largest absolute Gasteiger partial charge is 0.444 e. The SMILES string of the molecule is CCC(CO)(CO)NC1CCN(C(=O)OC(C)(C)C)CC1. The van der Waals surface area contributed by atoms with E-state index in [1.165, 1.54) is 0 Å². The van der Waals surface area contributed by atoms with Gasteiger partial charge in [0.1, 0.15) is 5.60 Å². The molecule has 0 spiro atoms. The van der Waals surface area contributed by atoms with Gasteiger partial charge in [-0.3, -0.25) is 0 Å². The average molecular weight is 302 g/mol. The molecule has 0 unspecified atom stereocenters. The van der Waals surface area contributed by atoms with Crippen molar-refractivity contribution in [3.8, 4) is 0 Å². The summed E-state index contributed by atoms with van der Waals surface area (Å²) >= 11 is 0. The van der Waals surface area contributed by atoms with Crippen LogP contribution < -0.4 is 5.32 Å². The van der Waals surface area contributed by atoms with Crippen molar-refractivity contribution in [2.45, 2.75) is 64.1 Å². The number of amides is 1. The molecule has 1 heterocycles. The van der Waals surface area contributed by atoms with E-state index in [0.29, 0.717) is 19.5 Å². The van der Waals surface area contributed by atoms with Crippen LogP contribution in [-0.2, 0) is 4.74 Å². The van der Waals surface area contributed by atoms with Gasteiger partial charge >= 0.3 is 6.09 Å². The van der Waals surface area contributed by atoms with Crippen LogP contribution in [0.2, 0.25) is 0 Å². The normalized spacial score (nSPS) is 17.9. The second-order valence-electron chi connectivity index (χ2n) is 6.84. The molecular weight excluding hydrogens is 272 g/mol. The summed E-state index contributed by atoms with van der Waals surface area (Å²) in [6.45, 7) is 8.59. The van der Waals surface area contributed by atoms with Gasteiger partial charge in [0.15, 0.2) is 0 Å². The molecule has 3 N–H and O–H groups in total. The molecule has 124 valence electrons. The third-order valence-electron chi connectivity index (χ3n) is 3.94. The van der Waals surface area contributed by atoms with E-state index in [2.05, 4.69) is 5.32 Å². The van der Waals surface area contributed by atoms with Crippen molar-refractivity contribution in [3.63, 3.8) is 0 Å². The van der Waals surface area contributed by atoms with Gasteiger partial charge < -0.3 is 25.2 Å². The van der Waals surface area contributed by atoms with Crippen molar-refractivity contribution < 1.29 is 19.7 Å². The summed E-state index contributed by atoms with van der Waals surface area (Å²) in [4.78, 5) is 13.7. The summed E-state index contributed by atoms with van der Waals surface area (Å²) in [5.41, 5.74) is -1.10. The summed E-state index contributed by atoms with van der Waals surface area (Å²) < 4.78 is 5.36. The summed E-state index contributed by atoms with van der Waals surface area (Å²) in [6, 6.07) is 0.197. The van der Waals surface area contributed by atoms with Crippen molar-refractivity contribution in [2.75, 3.05) is 26.3 Å². The second kappa shape index (κ2) is 7.42. The molecule has 6 nitrogen and oxygen atoms in total. The van der Waals surface area contributed by atoms with Crippen LogP contribution in [-0.4, -0.2) is 64.7 Å². The summed E-state index contributed by atoms with van der Waals surface area (Å²) in [5.74, 6) is 0. The Morgan fingerprint density at radius 2 is 1.76 bits per heavy atom. The number of hydrogen-bond acceptors (Lipinski definition) is 5. The third kappa shape index (κ3) is 5.45. The van der Waals surface area contributed by atoms with Gasteiger partial charge in [-0.1, -0.05) is 6.92 Å². The number of hydrogen-bond donors (Lipinski definition) is 3. The zero-order valence-electron chi connectivity index (χ0n) is 13.7. The quantitative estimate of drug-likeness (QED) is 0.709. The molecule has 6 heteroatoms. The summed E-state index contributed by atoms with van der Waals surface area (Å²) in [5, 5.41) is 22.3. The number of likely N-dealkylation sites (tertiary alicyclic amines) is 1. The van der Waals surface area contributed by atoms with E-state index < -0.39 is 11.1 Å². The first-order chi connectivity index (χ1) is 9.75. The van der Waals surface area contributed by atoms with E-state index in [4.69, 9.17) is 4.74 Å². The zero-order chi connectivity index (χ0) is 16.1. The molecule has 0 saturated carbocycles. The smallest absolute Gasteiger partial charge is 0.410 e. The van der Waals surface area contributed by atoms with Crippen LogP contribution in [0.3, 0.4) is 0 Å². The molecule has 1 amide bonds.